The van der Waals surface area contributed by atoms with Crippen molar-refractivity contribution in [1.82, 2.24) is 5.32 Å². The second-order valence-electron chi connectivity index (χ2n) is 5.27. The zero-order valence-corrected chi connectivity index (χ0v) is 14.8. The summed E-state index contributed by atoms with van der Waals surface area (Å²) >= 11 is 3.23. The van der Waals surface area contributed by atoms with Crippen molar-refractivity contribution in [2.45, 2.75) is 13.1 Å². The lowest BCUT2D eigenvalue weighted by Crippen LogP contribution is -2.28. The summed E-state index contributed by atoms with van der Waals surface area (Å²) in [4.78, 5) is 13.0. The standard InChI is InChI=1S/C16H16BrN3O2.ClH/c17-14-6-5-12(9-16(14)20(21)22)11-19-8-7-18-10-13-3-1-2-4-15(13)19;/h1-6,9,18H,7-8,10-11H2;1H. The molecule has 1 heterocycles. The molecule has 0 fully saturated rings. The van der Waals surface area contributed by atoms with Gasteiger partial charge in [0, 0.05) is 37.9 Å². The molecule has 0 atom stereocenters. The van der Waals surface area contributed by atoms with Gasteiger partial charge < -0.3 is 10.2 Å². The van der Waals surface area contributed by atoms with Gasteiger partial charge in [0.15, 0.2) is 0 Å². The van der Waals surface area contributed by atoms with Gasteiger partial charge in [-0.1, -0.05) is 24.3 Å². The van der Waals surface area contributed by atoms with Gasteiger partial charge in [-0.05, 0) is 39.2 Å². The van der Waals surface area contributed by atoms with Crippen molar-refractivity contribution < 1.29 is 4.92 Å². The molecule has 5 nitrogen and oxygen atoms in total. The number of halogens is 2. The molecule has 2 aromatic carbocycles. The first kappa shape index (κ1) is 17.7. The fourth-order valence-electron chi connectivity index (χ4n) is 2.71. The van der Waals surface area contributed by atoms with Crippen molar-refractivity contribution in [3.63, 3.8) is 0 Å². The Kier molecular flexibility index (Phi) is 5.98. The lowest BCUT2D eigenvalue weighted by Gasteiger charge is -2.24. The zero-order valence-electron chi connectivity index (χ0n) is 12.4. The van der Waals surface area contributed by atoms with Crippen molar-refractivity contribution in [3.05, 3.63) is 68.2 Å². The van der Waals surface area contributed by atoms with E-state index in [9.17, 15) is 10.1 Å². The molecule has 0 saturated carbocycles. The Bertz CT molecular complexity index is 711. The van der Waals surface area contributed by atoms with E-state index in [0.717, 1.165) is 25.2 Å². The fourth-order valence-corrected chi connectivity index (χ4v) is 3.10. The molecule has 2 aromatic rings. The number of nitrogens with one attached hydrogen (secondary N) is 1. The molecule has 0 aliphatic carbocycles. The highest BCUT2D eigenvalue weighted by Gasteiger charge is 2.17. The summed E-state index contributed by atoms with van der Waals surface area (Å²) in [6, 6.07) is 13.6. The van der Waals surface area contributed by atoms with Crippen LogP contribution in [0.15, 0.2) is 46.9 Å². The number of nitrogens with zero attached hydrogens (tertiary/aromatic N) is 2. The highest BCUT2D eigenvalue weighted by Crippen LogP contribution is 2.28. The summed E-state index contributed by atoms with van der Waals surface area (Å²) in [5.41, 5.74) is 3.50. The van der Waals surface area contributed by atoms with Gasteiger partial charge in [-0.15, -0.1) is 12.4 Å². The number of fused-ring (bicyclic) bond motifs is 1. The maximum absolute atomic E-state index is 11.1. The Hall–Kier alpha value is -1.63. The van der Waals surface area contributed by atoms with Crippen LogP contribution in [0.3, 0.4) is 0 Å². The first-order valence-electron chi connectivity index (χ1n) is 7.11. The summed E-state index contributed by atoms with van der Waals surface area (Å²) < 4.78 is 0.513. The highest BCUT2D eigenvalue weighted by atomic mass is 79.9. The molecule has 3 rings (SSSR count). The van der Waals surface area contributed by atoms with Crippen LogP contribution in [0, 0.1) is 10.1 Å². The van der Waals surface area contributed by atoms with Crippen LogP contribution in [0.25, 0.3) is 0 Å². The van der Waals surface area contributed by atoms with E-state index in [0.29, 0.717) is 11.0 Å². The summed E-state index contributed by atoms with van der Waals surface area (Å²) in [7, 11) is 0. The number of anilines is 1. The number of nitro benzene ring substituents is 1. The van der Waals surface area contributed by atoms with Gasteiger partial charge >= 0.3 is 0 Å². The molecule has 0 aromatic heterocycles. The van der Waals surface area contributed by atoms with Gasteiger partial charge in [-0.25, -0.2) is 0 Å². The van der Waals surface area contributed by atoms with E-state index in [4.69, 9.17) is 0 Å². The predicted molar refractivity (Wildman–Crippen MR) is 97.2 cm³/mol. The third kappa shape index (κ3) is 4.02. The van der Waals surface area contributed by atoms with Crippen LogP contribution in [0.1, 0.15) is 11.1 Å². The van der Waals surface area contributed by atoms with E-state index in [-0.39, 0.29) is 23.0 Å². The predicted octanol–water partition coefficient (Wildman–Crippen LogP) is 3.89. The maximum atomic E-state index is 11.1. The molecule has 1 N–H and O–H groups in total. The monoisotopic (exact) mass is 397 g/mol. The largest absolute Gasteiger partial charge is 0.366 e. The minimum atomic E-state index is -0.356. The Balaban J connectivity index is 0.00000192. The smallest absolute Gasteiger partial charge is 0.283 e. The van der Waals surface area contributed by atoms with Gasteiger partial charge in [0.2, 0.25) is 0 Å². The Morgan fingerprint density at radius 1 is 1.26 bits per heavy atom. The minimum absolute atomic E-state index is 0. The summed E-state index contributed by atoms with van der Waals surface area (Å²) in [5, 5.41) is 14.5. The molecule has 0 radical (unpaired) electrons. The van der Waals surface area contributed by atoms with E-state index in [1.165, 1.54) is 11.3 Å². The third-order valence-electron chi connectivity index (χ3n) is 3.79. The molecule has 0 unspecified atom stereocenters. The molecule has 1 aliphatic heterocycles. The van der Waals surface area contributed by atoms with Crippen LogP contribution < -0.4 is 10.2 Å². The number of para-hydroxylation sites is 1. The van der Waals surface area contributed by atoms with Crippen molar-refractivity contribution in [3.8, 4) is 0 Å². The zero-order chi connectivity index (χ0) is 15.5. The molecule has 1 aliphatic rings. The van der Waals surface area contributed by atoms with Crippen LogP contribution in [0.2, 0.25) is 0 Å². The summed E-state index contributed by atoms with van der Waals surface area (Å²) in [5.74, 6) is 0. The Labute approximate surface area is 149 Å². The first-order chi connectivity index (χ1) is 10.6. The van der Waals surface area contributed by atoms with Crippen LogP contribution in [0.5, 0.6) is 0 Å². The van der Waals surface area contributed by atoms with Gasteiger partial charge in [0.25, 0.3) is 5.69 Å². The average Bonchev–Trinajstić information content (AvgIpc) is 2.72. The number of hydrogen-bond donors (Lipinski definition) is 1. The SMILES string of the molecule is Cl.O=[N+]([O-])c1cc(CN2CCNCc3ccccc32)ccc1Br. The van der Waals surface area contributed by atoms with E-state index in [2.05, 4.69) is 38.3 Å². The minimum Gasteiger partial charge on any atom is -0.366 e. The molecule has 0 bridgehead atoms. The van der Waals surface area contributed by atoms with E-state index in [1.807, 2.05) is 18.2 Å². The topological polar surface area (TPSA) is 58.4 Å². The lowest BCUT2D eigenvalue weighted by molar-refractivity contribution is -0.385. The number of benzene rings is 2. The molecule has 0 amide bonds. The molecule has 0 saturated heterocycles. The Morgan fingerprint density at radius 3 is 2.83 bits per heavy atom. The van der Waals surface area contributed by atoms with Crippen molar-refractivity contribution in [2.24, 2.45) is 0 Å². The van der Waals surface area contributed by atoms with Crippen LogP contribution in [-0.4, -0.2) is 18.0 Å². The van der Waals surface area contributed by atoms with Crippen LogP contribution in [0.4, 0.5) is 11.4 Å². The second-order valence-corrected chi connectivity index (χ2v) is 6.12. The molecule has 23 heavy (non-hydrogen) atoms. The molecular formula is C16H17BrClN3O2. The molecule has 0 spiro atoms. The van der Waals surface area contributed by atoms with Crippen LogP contribution in [-0.2, 0) is 13.1 Å². The van der Waals surface area contributed by atoms with Gasteiger partial charge in [-0.3, -0.25) is 10.1 Å². The molecule has 7 heteroatoms. The third-order valence-corrected chi connectivity index (χ3v) is 4.46. The van der Waals surface area contributed by atoms with Crippen LogP contribution >= 0.6 is 28.3 Å². The van der Waals surface area contributed by atoms with Gasteiger partial charge in [-0.2, -0.15) is 0 Å². The number of hydrogen-bond acceptors (Lipinski definition) is 4. The average molecular weight is 399 g/mol. The second kappa shape index (κ2) is 7.77. The molecule has 122 valence electrons. The Morgan fingerprint density at radius 2 is 2.04 bits per heavy atom. The highest BCUT2D eigenvalue weighted by molar-refractivity contribution is 9.10. The normalized spacial score (nSPS) is 13.7. The van der Waals surface area contributed by atoms with Gasteiger partial charge in [0.05, 0.1) is 9.40 Å². The molecular weight excluding hydrogens is 382 g/mol. The summed E-state index contributed by atoms with van der Waals surface area (Å²) in [6.07, 6.45) is 0. The first-order valence-corrected chi connectivity index (χ1v) is 7.91. The fraction of sp³-hybridized carbons (Fsp3) is 0.250. The lowest BCUT2D eigenvalue weighted by atomic mass is 10.1. The van der Waals surface area contributed by atoms with Gasteiger partial charge in [0.1, 0.15) is 0 Å². The number of rotatable bonds is 3. The maximum Gasteiger partial charge on any atom is 0.283 e. The van der Waals surface area contributed by atoms with E-state index in [1.54, 1.807) is 12.1 Å². The van der Waals surface area contributed by atoms with E-state index >= 15 is 0 Å². The van der Waals surface area contributed by atoms with Crippen molar-refractivity contribution >= 4 is 39.7 Å². The number of nitro groups is 1. The quantitative estimate of drug-likeness (QED) is 0.629. The summed E-state index contributed by atoms with van der Waals surface area (Å²) in [6.45, 7) is 3.29. The van der Waals surface area contributed by atoms with Crippen molar-refractivity contribution in [1.29, 1.82) is 0 Å². The van der Waals surface area contributed by atoms with Crippen molar-refractivity contribution in [2.75, 3.05) is 18.0 Å². The van der Waals surface area contributed by atoms with E-state index < -0.39 is 0 Å².